The summed E-state index contributed by atoms with van der Waals surface area (Å²) >= 11 is 1.48. The Labute approximate surface area is 143 Å². The van der Waals surface area contributed by atoms with Gasteiger partial charge in [0, 0.05) is 22.2 Å². The van der Waals surface area contributed by atoms with Gasteiger partial charge in [0.2, 0.25) is 0 Å². The lowest BCUT2D eigenvalue weighted by molar-refractivity contribution is -0.142. The lowest BCUT2D eigenvalue weighted by Gasteiger charge is -2.10. The highest BCUT2D eigenvalue weighted by atomic mass is 32.2. The number of carbonyl (C=O) groups is 1. The van der Waals surface area contributed by atoms with Gasteiger partial charge in [0.05, 0.1) is 12.1 Å². The summed E-state index contributed by atoms with van der Waals surface area (Å²) in [6, 6.07) is 13.4. The lowest BCUT2D eigenvalue weighted by Crippen LogP contribution is -2.33. The van der Waals surface area contributed by atoms with Crippen LogP contribution in [0.15, 0.2) is 58.5 Å². The number of para-hydroxylation sites is 1. The molecule has 0 aliphatic rings. The van der Waals surface area contributed by atoms with Crippen molar-refractivity contribution >= 4 is 28.6 Å². The quantitative estimate of drug-likeness (QED) is 0.695. The molecule has 3 rings (SSSR count). The number of aromatic amines is 1. The molecule has 0 aliphatic heterocycles. The third-order valence-electron chi connectivity index (χ3n) is 3.74. The number of benzene rings is 2. The van der Waals surface area contributed by atoms with E-state index in [1.807, 2.05) is 24.3 Å². The first-order valence-electron chi connectivity index (χ1n) is 7.45. The van der Waals surface area contributed by atoms with Crippen molar-refractivity contribution in [1.29, 1.82) is 0 Å². The normalized spacial score (nSPS) is 12.3. The predicted molar refractivity (Wildman–Crippen MR) is 92.5 cm³/mol. The minimum absolute atomic E-state index is 0.274. The Morgan fingerprint density at radius 1 is 1.25 bits per heavy atom. The number of esters is 1. The van der Waals surface area contributed by atoms with Gasteiger partial charge in [-0.25, -0.2) is 4.39 Å². The molecule has 0 aliphatic carbocycles. The van der Waals surface area contributed by atoms with Gasteiger partial charge < -0.3 is 15.5 Å². The molecule has 3 aromatic rings. The van der Waals surface area contributed by atoms with Gasteiger partial charge in [-0.1, -0.05) is 30.0 Å². The fourth-order valence-electron chi connectivity index (χ4n) is 2.54. The van der Waals surface area contributed by atoms with Crippen LogP contribution in [-0.4, -0.2) is 24.1 Å². The molecule has 6 heteroatoms. The minimum atomic E-state index is -0.734. The number of ether oxygens (including phenoxy) is 1. The highest BCUT2D eigenvalue weighted by Crippen LogP contribution is 2.35. The standard InChI is InChI=1S/C18H17FN2O2S/c1-23-18(22)15(20)10-14-13-4-2-3-5-16(13)21-17(14)24-12-8-6-11(19)7-9-12/h2-9,15,21H,10,20H2,1H3/t15-/m0/s1. The van der Waals surface area contributed by atoms with Crippen LogP contribution in [-0.2, 0) is 16.0 Å². The number of halogens is 1. The fourth-order valence-corrected chi connectivity index (χ4v) is 3.53. The van der Waals surface area contributed by atoms with Crippen molar-refractivity contribution < 1.29 is 13.9 Å². The number of H-pyrrole nitrogens is 1. The molecule has 0 fully saturated rings. The summed E-state index contributed by atoms with van der Waals surface area (Å²) in [5, 5.41) is 1.91. The summed E-state index contributed by atoms with van der Waals surface area (Å²) in [7, 11) is 1.32. The van der Waals surface area contributed by atoms with Gasteiger partial charge >= 0.3 is 5.97 Å². The zero-order chi connectivity index (χ0) is 17.1. The number of hydrogen-bond donors (Lipinski definition) is 2. The summed E-state index contributed by atoms with van der Waals surface area (Å²) in [4.78, 5) is 15.9. The van der Waals surface area contributed by atoms with Crippen molar-refractivity contribution in [3.05, 3.63) is 59.9 Å². The summed E-state index contributed by atoms with van der Waals surface area (Å²) < 4.78 is 17.8. The van der Waals surface area contributed by atoms with Crippen LogP contribution in [0.2, 0.25) is 0 Å². The van der Waals surface area contributed by atoms with E-state index in [0.717, 1.165) is 26.4 Å². The molecule has 2 aromatic carbocycles. The Morgan fingerprint density at radius 3 is 2.67 bits per heavy atom. The van der Waals surface area contributed by atoms with Crippen LogP contribution in [0.1, 0.15) is 5.56 Å². The number of methoxy groups -OCH3 is 1. The second kappa shape index (κ2) is 7.07. The van der Waals surface area contributed by atoms with Crippen molar-refractivity contribution in [3.63, 3.8) is 0 Å². The number of aromatic nitrogens is 1. The van der Waals surface area contributed by atoms with E-state index >= 15 is 0 Å². The van der Waals surface area contributed by atoms with Crippen LogP contribution in [0, 0.1) is 5.82 Å². The maximum Gasteiger partial charge on any atom is 0.322 e. The minimum Gasteiger partial charge on any atom is -0.468 e. The number of rotatable bonds is 5. The molecule has 1 heterocycles. The summed E-state index contributed by atoms with van der Waals surface area (Å²) in [6.45, 7) is 0. The van der Waals surface area contributed by atoms with E-state index in [1.165, 1.54) is 31.0 Å². The van der Waals surface area contributed by atoms with Gasteiger partial charge in [-0.3, -0.25) is 4.79 Å². The van der Waals surface area contributed by atoms with E-state index in [1.54, 1.807) is 12.1 Å². The third kappa shape index (κ3) is 3.44. The molecule has 1 aromatic heterocycles. The first-order chi connectivity index (χ1) is 11.6. The number of carbonyl (C=O) groups excluding carboxylic acids is 1. The first-order valence-corrected chi connectivity index (χ1v) is 8.26. The Hall–Kier alpha value is -2.31. The van der Waals surface area contributed by atoms with Crippen molar-refractivity contribution in [2.45, 2.75) is 22.4 Å². The van der Waals surface area contributed by atoms with E-state index < -0.39 is 12.0 Å². The highest BCUT2D eigenvalue weighted by molar-refractivity contribution is 7.99. The molecular formula is C18H17FN2O2S. The van der Waals surface area contributed by atoms with E-state index in [2.05, 4.69) is 4.98 Å². The van der Waals surface area contributed by atoms with Gasteiger partial charge in [0.1, 0.15) is 11.9 Å². The summed E-state index contributed by atoms with van der Waals surface area (Å²) in [5.41, 5.74) is 7.87. The van der Waals surface area contributed by atoms with E-state index in [9.17, 15) is 9.18 Å². The second-order valence-electron chi connectivity index (χ2n) is 5.37. The fraction of sp³-hybridized carbons (Fsp3) is 0.167. The SMILES string of the molecule is COC(=O)[C@@H](N)Cc1c(Sc2ccc(F)cc2)[nH]c2ccccc12. The monoisotopic (exact) mass is 344 g/mol. The van der Waals surface area contributed by atoms with Crippen LogP contribution in [0.3, 0.4) is 0 Å². The van der Waals surface area contributed by atoms with Crippen LogP contribution in [0.5, 0.6) is 0 Å². The highest BCUT2D eigenvalue weighted by Gasteiger charge is 2.20. The summed E-state index contributed by atoms with van der Waals surface area (Å²) in [5.74, 6) is -0.720. The van der Waals surface area contributed by atoms with Gasteiger partial charge in [-0.15, -0.1) is 0 Å². The maximum absolute atomic E-state index is 13.1. The Morgan fingerprint density at radius 2 is 1.96 bits per heavy atom. The molecule has 24 heavy (non-hydrogen) atoms. The van der Waals surface area contributed by atoms with E-state index in [0.29, 0.717) is 6.42 Å². The molecule has 0 saturated carbocycles. The average molecular weight is 344 g/mol. The van der Waals surface area contributed by atoms with Crippen LogP contribution >= 0.6 is 11.8 Å². The smallest absolute Gasteiger partial charge is 0.322 e. The summed E-state index contributed by atoms with van der Waals surface area (Å²) in [6.07, 6.45) is 0.361. The van der Waals surface area contributed by atoms with Crippen LogP contribution in [0.4, 0.5) is 4.39 Å². The number of nitrogens with two attached hydrogens (primary N) is 1. The van der Waals surface area contributed by atoms with Crippen molar-refractivity contribution in [3.8, 4) is 0 Å². The molecule has 0 unspecified atom stereocenters. The number of hydrogen-bond acceptors (Lipinski definition) is 4. The lowest BCUT2D eigenvalue weighted by atomic mass is 10.1. The predicted octanol–water partition coefficient (Wildman–Crippen LogP) is 3.50. The molecule has 4 nitrogen and oxygen atoms in total. The van der Waals surface area contributed by atoms with Crippen LogP contribution in [0.25, 0.3) is 10.9 Å². The van der Waals surface area contributed by atoms with Crippen molar-refractivity contribution in [2.75, 3.05) is 7.11 Å². The van der Waals surface area contributed by atoms with Crippen molar-refractivity contribution in [2.24, 2.45) is 5.73 Å². The molecule has 0 amide bonds. The van der Waals surface area contributed by atoms with Gasteiger partial charge in [-0.2, -0.15) is 0 Å². The molecule has 0 radical (unpaired) electrons. The second-order valence-corrected chi connectivity index (χ2v) is 6.45. The number of nitrogens with one attached hydrogen (secondary N) is 1. The van der Waals surface area contributed by atoms with Crippen molar-refractivity contribution in [1.82, 2.24) is 4.98 Å². The molecule has 0 spiro atoms. The molecule has 1 atom stereocenters. The zero-order valence-electron chi connectivity index (χ0n) is 13.1. The largest absolute Gasteiger partial charge is 0.468 e. The molecule has 3 N–H and O–H groups in total. The molecule has 0 bridgehead atoms. The third-order valence-corrected chi connectivity index (χ3v) is 4.80. The maximum atomic E-state index is 13.1. The van der Waals surface area contributed by atoms with Gasteiger partial charge in [0.25, 0.3) is 0 Å². The van der Waals surface area contributed by atoms with E-state index in [4.69, 9.17) is 10.5 Å². The average Bonchev–Trinajstić information content (AvgIpc) is 2.93. The Kier molecular flexibility index (Phi) is 4.87. The van der Waals surface area contributed by atoms with Crippen LogP contribution < -0.4 is 5.73 Å². The topological polar surface area (TPSA) is 68.1 Å². The molecule has 124 valence electrons. The Balaban J connectivity index is 1.98. The molecule has 0 saturated heterocycles. The van der Waals surface area contributed by atoms with Gasteiger partial charge in [0.15, 0.2) is 0 Å². The van der Waals surface area contributed by atoms with Gasteiger partial charge in [-0.05, 0) is 35.9 Å². The van der Waals surface area contributed by atoms with E-state index in [-0.39, 0.29) is 5.82 Å². The Bertz CT molecular complexity index is 861. The number of fused-ring (bicyclic) bond motifs is 1. The zero-order valence-corrected chi connectivity index (χ0v) is 13.9. The first kappa shape index (κ1) is 16.5. The molecular weight excluding hydrogens is 327 g/mol.